The number of rotatable bonds is 3. The molecule has 110 valence electrons. The van der Waals surface area contributed by atoms with Crippen LogP contribution >= 0.6 is 23.2 Å². The summed E-state index contributed by atoms with van der Waals surface area (Å²) < 4.78 is 10.4. The number of nitrogen functional groups attached to an aromatic ring is 1. The highest BCUT2D eigenvalue weighted by Gasteiger charge is 2.19. The molecule has 21 heavy (non-hydrogen) atoms. The van der Waals surface area contributed by atoms with E-state index in [-0.39, 0.29) is 16.3 Å². The van der Waals surface area contributed by atoms with E-state index in [1.165, 1.54) is 19.2 Å². The SMILES string of the molecule is COC(=O)c1cc(N)cc(Cl)c1Oc1ccc(C)cc1Cl. The summed E-state index contributed by atoms with van der Waals surface area (Å²) >= 11 is 12.2. The van der Waals surface area contributed by atoms with Gasteiger partial charge in [0.25, 0.3) is 0 Å². The number of halogens is 2. The van der Waals surface area contributed by atoms with Gasteiger partial charge in [0.05, 0.1) is 17.2 Å². The topological polar surface area (TPSA) is 61.5 Å². The number of benzene rings is 2. The lowest BCUT2D eigenvalue weighted by Gasteiger charge is -2.13. The van der Waals surface area contributed by atoms with Crippen molar-refractivity contribution in [3.05, 3.63) is 51.5 Å². The Labute approximate surface area is 132 Å². The fraction of sp³-hybridized carbons (Fsp3) is 0.133. The molecule has 2 aromatic carbocycles. The summed E-state index contributed by atoms with van der Waals surface area (Å²) in [5.74, 6) is -0.0509. The predicted molar refractivity (Wildman–Crippen MR) is 83.5 cm³/mol. The summed E-state index contributed by atoms with van der Waals surface area (Å²) in [4.78, 5) is 11.8. The number of anilines is 1. The van der Waals surface area contributed by atoms with E-state index in [1.807, 2.05) is 13.0 Å². The third kappa shape index (κ3) is 3.40. The van der Waals surface area contributed by atoms with Gasteiger partial charge in [0.15, 0.2) is 5.75 Å². The van der Waals surface area contributed by atoms with Crippen LogP contribution < -0.4 is 10.5 Å². The summed E-state index contributed by atoms with van der Waals surface area (Å²) in [5, 5.41) is 0.616. The maximum Gasteiger partial charge on any atom is 0.341 e. The van der Waals surface area contributed by atoms with Gasteiger partial charge in [-0.25, -0.2) is 4.79 Å². The van der Waals surface area contributed by atoms with Gasteiger partial charge in [0.2, 0.25) is 0 Å². The Balaban J connectivity index is 2.50. The minimum Gasteiger partial charge on any atom is -0.465 e. The van der Waals surface area contributed by atoms with Gasteiger partial charge in [0.1, 0.15) is 11.3 Å². The highest BCUT2D eigenvalue weighted by molar-refractivity contribution is 6.33. The second kappa shape index (κ2) is 6.24. The van der Waals surface area contributed by atoms with Crippen LogP contribution in [0.5, 0.6) is 11.5 Å². The molecule has 2 aromatic rings. The summed E-state index contributed by atoms with van der Waals surface area (Å²) in [5.41, 5.74) is 7.15. The van der Waals surface area contributed by atoms with Gasteiger partial charge in [-0.15, -0.1) is 0 Å². The molecule has 0 spiro atoms. The van der Waals surface area contributed by atoms with Gasteiger partial charge in [-0.3, -0.25) is 0 Å². The summed E-state index contributed by atoms with van der Waals surface area (Å²) in [6.07, 6.45) is 0. The van der Waals surface area contributed by atoms with Crippen LogP contribution in [0.3, 0.4) is 0 Å². The maximum atomic E-state index is 11.8. The van der Waals surface area contributed by atoms with E-state index < -0.39 is 5.97 Å². The van der Waals surface area contributed by atoms with Crippen LogP contribution in [0.15, 0.2) is 30.3 Å². The van der Waals surface area contributed by atoms with Crippen LogP contribution in [0.25, 0.3) is 0 Å². The summed E-state index contributed by atoms with van der Waals surface area (Å²) in [6.45, 7) is 1.91. The lowest BCUT2D eigenvalue weighted by atomic mass is 10.1. The number of esters is 1. The molecule has 0 aliphatic heterocycles. The lowest BCUT2D eigenvalue weighted by molar-refractivity contribution is 0.0598. The third-order valence-electron chi connectivity index (χ3n) is 2.77. The smallest absolute Gasteiger partial charge is 0.341 e. The molecule has 0 amide bonds. The molecule has 0 saturated carbocycles. The molecule has 2 N–H and O–H groups in total. The van der Waals surface area contributed by atoms with E-state index in [0.29, 0.717) is 16.5 Å². The Morgan fingerprint density at radius 1 is 1.14 bits per heavy atom. The standard InChI is InChI=1S/C15H13Cl2NO3/c1-8-3-4-13(11(16)5-8)21-14-10(15(19)20-2)6-9(18)7-12(14)17/h3-7H,18H2,1-2H3. The summed E-state index contributed by atoms with van der Waals surface area (Å²) in [6, 6.07) is 8.22. The van der Waals surface area contributed by atoms with Gasteiger partial charge >= 0.3 is 5.97 Å². The van der Waals surface area contributed by atoms with Crippen molar-refractivity contribution in [2.75, 3.05) is 12.8 Å². The van der Waals surface area contributed by atoms with Crippen molar-refractivity contribution in [2.24, 2.45) is 0 Å². The van der Waals surface area contributed by atoms with Crippen LogP contribution in [-0.4, -0.2) is 13.1 Å². The van der Waals surface area contributed by atoms with Crippen molar-refractivity contribution in [3.8, 4) is 11.5 Å². The van der Waals surface area contributed by atoms with Crippen molar-refractivity contribution < 1.29 is 14.3 Å². The number of nitrogens with two attached hydrogens (primary N) is 1. The second-order valence-electron chi connectivity index (χ2n) is 4.41. The molecule has 0 aliphatic carbocycles. The molecular weight excluding hydrogens is 313 g/mol. The Kier molecular flexibility index (Phi) is 4.60. The predicted octanol–water partition coefficient (Wildman–Crippen LogP) is 4.46. The Morgan fingerprint density at radius 2 is 1.86 bits per heavy atom. The maximum absolute atomic E-state index is 11.8. The minimum absolute atomic E-state index is 0.138. The van der Waals surface area contributed by atoms with Gasteiger partial charge in [0, 0.05) is 5.69 Å². The Morgan fingerprint density at radius 3 is 2.48 bits per heavy atom. The first kappa shape index (κ1) is 15.5. The fourth-order valence-electron chi connectivity index (χ4n) is 1.78. The van der Waals surface area contributed by atoms with Gasteiger partial charge in [-0.1, -0.05) is 29.3 Å². The summed E-state index contributed by atoms with van der Waals surface area (Å²) in [7, 11) is 1.27. The van der Waals surface area contributed by atoms with E-state index in [1.54, 1.807) is 12.1 Å². The third-order valence-corrected chi connectivity index (χ3v) is 3.35. The molecule has 0 saturated heterocycles. The number of methoxy groups -OCH3 is 1. The van der Waals surface area contributed by atoms with Crippen molar-refractivity contribution in [1.82, 2.24) is 0 Å². The molecule has 4 nitrogen and oxygen atoms in total. The molecule has 2 rings (SSSR count). The van der Waals surface area contributed by atoms with Crippen molar-refractivity contribution in [1.29, 1.82) is 0 Å². The van der Waals surface area contributed by atoms with Crippen LogP contribution in [0.2, 0.25) is 10.0 Å². The zero-order valence-electron chi connectivity index (χ0n) is 11.4. The number of ether oxygens (including phenoxy) is 2. The van der Waals surface area contributed by atoms with Crippen LogP contribution in [-0.2, 0) is 4.74 Å². The molecule has 0 aliphatic rings. The molecule has 0 aromatic heterocycles. The molecule has 0 atom stereocenters. The molecule has 0 fully saturated rings. The molecule has 6 heteroatoms. The normalized spacial score (nSPS) is 10.3. The van der Waals surface area contributed by atoms with E-state index in [0.717, 1.165) is 5.56 Å². The largest absolute Gasteiger partial charge is 0.465 e. The molecule has 0 radical (unpaired) electrons. The van der Waals surface area contributed by atoms with E-state index in [2.05, 4.69) is 0 Å². The van der Waals surface area contributed by atoms with Gasteiger partial charge < -0.3 is 15.2 Å². The van der Waals surface area contributed by atoms with Crippen molar-refractivity contribution >= 4 is 34.9 Å². The Bertz CT molecular complexity index is 702. The van der Waals surface area contributed by atoms with E-state index in [4.69, 9.17) is 38.4 Å². The zero-order valence-corrected chi connectivity index (χ0v) is 13.0. The molecule has 0 bridgehead atoms. The number of carbonyl (C=O) groups is 1. The number of hydrogen-bond donors (Lipinski definition) is 1. The average molecular weight is 326 g/mol. The lowest BCUT2D eigenvalue weighted by Crippen LogP contribution is -2.05. The minimum atomic E-state index is -0.595. The van der Waals surface area contributed by atoms with Crippen molar-refractivity contribution in [2.45, 2.75) is 6.92 Å². The molecule has 0 heterocycles. The van der Waals surface area contributed by atoms with E-state index >= 15 is 0 Å². The van der Waals surface area contributed by atoms with Crippen LogP contribution in [0, 0.1) is 6.92 Å². The Hall–Kier alpha value is -1.91. The highest BCUT2D eigenvalue weighted by atomic mass is 35.5. The molecular formula is C15H13Cl2NO3. The number of aryl methyl sites for hydroxylation is 1. The average Bonchev–Trinajstić information content (AvgIpc) is 2.42. The number of hydrogen-bond acceptors (Lipinski definition) is 4. The first-order valence-corrected chi connectivity index (χ1v) is 6.79. The molecule has 0 unspecified atom stereocenters. The van der Waals surface area contributed by atoms with Gasteiger partial charge in [-0.05, 0) is 36.8 Å². The van der Waals surface area contributed by atoms with Crippen LogP contribution in [0.1, 0.15) is 15.9 Å². The van der Waals surface area contributed by atoms with Gasteiger partial charge in [-0.2, -0.15) is 0 Å². The zero-order chi connectivity index (χ0) is 15.6. The fourth-order valence-corrected chi connectivity index (χ4v) is 2.32. The first-order chi connectivity index (χ1) is 9.92. The highest BCUT2D eigenvalue weighted by Crippen LogP contribution is 2.38. The van der Waals surface area contributed by atoms with Crippen LogP contribution in [0.4, 0.5) is 5.69 Å². The second-order valence-corrected chi connectivity index (χ2v) is 5.22. The van der Waals surface area contributed by atoms with E-state index in [9.17, 15) is 4.79 Å². The monoisotopic (exact) mass is 325 g/mol. The quantitative estimate of drug-likeness (QED) is 0.668. The number of carbonyl (C=O) groups excluding carboxylic acids is 1. The first-order valence-electron chi connectivity index (χ1n) is 6.03. The van der Waals surface area contributed by atoms with Crippen molar-refractivity contribution in [3.63, 3.8) is 0 Å².